The fraction of sp³-hybridized carbons (Fsp3) is 0.0769. The Kier molecular flexibility index (Phi) is 4.15. The van der Waals surface area contributed by atoms with Gasteiger partial charge in [0, 0.05) is 5.02 Å². The predicted octanol–water partition coefficient (Wildman–Crippen LogP) is 2.63. The third-order valence-electron chi connectivity index (χ3n) is 2.20. The average Bonchev–Trinajstić information content (AvgIpc) is 2.85. The number of nitrogens with zero attached hydrogens (tertiary/aromatic N) is 1. The van der Waals surface area contributed by atoms with Crippen molar-refractivity contribution < 1.29 is 9.21 Å². The second kappa shape index (κ2) is 6.02. The number of amides is 1. The molecule has 2 rings (SSSR count). The molecule has 92 valence electrons. The number of carbonyl (C=O) groups is 1. The SMILES string of the molecule is O=C(Cc1ccc(Cl)cc1)NN=Cc1ccco1. The molecular weight excluding hydrogens is 252 g/mol. The lowest BCUT2D eigenvalue weighted by Crippen LogP contribution is -2.19. The van der Waals surface area contributed by atoms with Crippen LogP contribution >= 0.6 is 11.6 Å². The molecule has 5 heteroatoms. The molecule has 0 radical (unpaired) electrons. The highest BCUT2D eigenvalue weighted by Crippen LogP contribution is 2.09. The zero-order valence-corrected chi connectivity index (χ0v) is 10.2. The van der Waals surface area contributed by atoms with Crippen molar-refractivity contribution in [3.8, 4) is 0 Å². The Morgan fingerprint density at radius 3 is 2.78 bits per heavy atom. The Morgan fingerprint density at radius 1 is 1.33 bits per heavy atom. The Labute approximate surface area is 109 Å². The number of rotatable bonds is 4. The van der Waals surface area contributed by atoms with E-state index < -0.39 is 0 Å². The first-order valence-corrected chi connectivity index (χ1v) is 5.72. The Bertz CT molecular complexity index is 533. The molecule has 18 heavy (non-hydrogen) atoms. The number of carbonyl (C=O) groups excluding carboxylic acids is 1. The molecule has 0 atom stereocenters. The molecule has 0 aliphatic rings. The van der Waals surface area contributed by atoms with Crippen molar-refractivity contribution in [1.82, 2.24) is 5.43 Å². The van der Waals surface area contributed by atoms with Gasteiger partial charge in [-0.3, -0.25) is 4.79 Å². The summed E-state index contributed by atoms with van der Waals surface area (Å²) in [6, 6.07) is 10.6. The second-order valence-electron chi connectivity index (χ2n) is 3.61. The topological polar surface area (TPSA) is 54.6 Å². The first-order chi connectivity index (χ1) is 8.74. The number of furan rings is 1. The summed E-state index contributed by atoms with van der Waals surface area (Å²) >= 11 is 5.75. The number of halogens is 1. The summed E-state index contributed by atoms with van der Waals surface area (Å²) in [6.45, 7) is 0. The standard InChI is InChI=1S/C13H11ClN2O2/c14-11-5-3-10(4-6-11)8-13(17)16-15-9-12-2-1-7-18-12/h1-7,9H,8H2,(H,16,17). The number of nitrogens with one attached hydrogen (secondary N) is 1. The van der Waals surface area contributed by atoms with E-state index in [0.29, 0.717) is 10.8 Å². The molecule has 0 saturated heterocycles. The maximum Gasteiger partial charge on any atom is 0.244 e. The lowest BCUT2D eigenvalue weighted by Gasteiger charge is -2.00. The molecule has 0 aliphatic carbocycles. The van der Waals surface area contributed by atoms with Crippen LogP contribution in [0.1, 0.15) is 11.3 Å². The summed E-state index contributed by atoms with van der Waals surface area (Å²) in [5.41, 5.74) is 3.30. The van der Waals surface area contributed by atoms with Crippen LogP contribution in [0.15, 0.2) is 52.2 Å². The number of hydrazone groups is 1. The zero-order valence-electron chi connectivity index (χ0n) is 9.47. The van der Waals surface area contributed by atoms with Crippen molar-refractivity contribution in [2.75, 3.05) is 0 Å². The molecule has 0 saturated carbocycles. The van der Waals surface area contributed by atoms with Crippen molar-refractivity contribution in [1.29, 1.82) is 0 Å². The summed E-state index contributed by atoms with van der Waals surface area (Å²) in [7, 11) is 0. The molecule has 0 bridgehead atoms. The van der Waals surface area contributed by atoms with E-state index in [2.05, 4.69) is 10.5 Å². The molecule has 0 aliphatic heterocycles. The van der Waals surface area contributed by atoms with Crippen molar-refractivity contribution >= 4 is 23.7 Å². The van der Waals surface area contributed by atoms with E-state index >= 15 is 0 Å². The minimum absolute atomic E-state index is 0.194. The minimum Gasteiger partial charge on any atom is -0.463 e. The fourth-order valence-electron chi connectivity index (χ4n) is 1.36. The third-order valence-corrected chi connectivity index (χ3v) is 2.45. The van der Waals surface area contributed by atoms with E-state index in [9.17, 15) is 4.79 Å². The fourth-order valence-corrected chi connectivity index (χ4v) is 1.49. The Balaban J connectivity index is 1.84. The van der Waals surface area contributed by atoms with E-state index in [1.165, 1.54) is 12.5 Å². The summed E-state index contributed by atoms with van der Waals surface area (Å²) in [6.07, 6.45) is 3.24. The van der Waals surface area contributed by atoms with Gasteiger partial charge in [0.1, 0.15) is 5.76 Å². The van der Waals surface area contributed by atoms with Crippen LogP contribution in [-0.4, -0.2) is 12.1 Å². The van der Waals surface area contributed by atoms with Crippen LogP contribution in [-0.2, 0) is 11.2 Å². The molecule has 2 aromatic rings. The van der Waals surface area contributed by atoms with E-state index in [1.807, 2.05) is 0 Å². The molecule has 1 aromatic carbocycles. The summed E-state index contributed by atoms with van der Waals surface area (Å²) < 4.78 is 5.03. The largest absolute Gasteiger partial charge is 0.463 e. The molecule has 0 unspecified atom stereocenters. The van der Waals surface area contributed by atoms with Crippen LogP contribution in [0.2, 0.25) is 5.02 Å². The minimum atomic E-state index is -0.194. The summed E-state index contributed by atoms with van der Waals surface area (Å²) in [4.78, 5) is 11.5. The lowest BCUT2D eigenvalue weighted by atomic mass is 10.1. The van der Waals surface area contributed by atoms with Crippen LogP contribution in [0, 0.1) is 0 Å². The van der Waals surface area contributed by atoms with Crippen molar-refractivity contribution in [2.45, 2.75) is 6.42 Å². The number of hydrogen-bond donors (Lipinski definition) is 1. The molecular formula is C13H11ClN2O2. The van der Waals surface area contributed by atoms with Gasteiger partial charge in [0.25, 0.3) is 0 Å². The van der Waals surface area contributed by atoms with Gasteiger partial charge < -0.3 is 4.42 Å². The molecule has 0 spiro atoms. The van der Waals surface area contributed by atoms with Crippen LogP contribution in [0.4, 0.5) is 0 Å². The molecule has 1 N–H and O–H groups in total. The summed E-state index contributed by atoms with van der Waals surface area (Å²) in [5.74, 6) is 0.391. The molecule has 1 heterocycles. The lowest BCUT2D eigenvalue weighted by molar-refractivity contribution is -0.120. The smallest absolute Gasteiger partial charge is 0.244 e. The normalized spacial score (nSPS) is 10.7. The Hall–Kier alpha value is -2.07. The van der Waals surface area contributed by atoms with Gasteiger partial charge in [-0.2, -0.15) is 5.10 Å². The highest BCUT2D eigenvalue weighted by Gasteiger charge is 2.01. The van der Waals surface area contributed by atoms with Crippen LogP contribution in [0.3, 0.4) is 0 Å². The van der Waals surface area contributed by atoms with E-state index in [-0.39, 0.29) is 12.3 Å². The van der Waals surface area contributed by atoms with Crippen LogP contribution < -0.4 is 5.43 Å². The molecule has 4 nitrogen and oxygen atoms in total. The zero-order chi connectivity index (χ0) is 12.8. The maximum atomic E-state index is 11.5. The molecule has 1 amide bonds. The van der Waals surface area contributed by atoms with Gasteiger partial charge in [-0.1, -0.05) is 23.7 Å². The van der Waals surface area contributed by atoms with E-state index in [1.54, 1.807) is 36.4 Å². The monoisotopic (exact) mass is 262 g/mol. The predicted molar refractivity (Wildman–Crippen MR) is 69.6 cm³/mol. The Morgan fingerprint density at radius 2 is 2.11 bits per heavy atom. The van der Waals surface area contributed by atoms with Crippen molar-refractivity contribution in [3.63, 3.8) is 0 Å². The third kappa shape index (κ3) is 3.75. The second-order valence-corrected chi connectivity index (χ2v) is 4.05. The first-order valence-electron chi connectivity index (χ1n) is 5.34. The van der Waals surface area contributed by atoms with Gasteiger partial charge in [-0.15, -0.1) is 0 Å². The quantitative estimate of drug-likeness (QED) is 0.680. The van der Waals surface area contributed by atoms with Gasteiger partial charge in [0.2, 0.25) is 5.91 Å². The van der Waals surface area contributed by atoms with Gasteiger partial charge in [0.15, 0.2) is 0 Å². The van der Waals surface area contributed by atoms with Gasteiger partial charge in [-0.25, -0.2) is 5.43 Å². The van der Waals surface area contributed by atoms with E-state index in [4.69, 9.17) is 16.0 Å². The van der Waals surface area contributed by atoms with Crippen molar-refractivity contribution in [3.05, 3.63) is 59.0 Å². The van der Waals surface area contributed by atoms with Crippen molar-refractivity contribution in [2.24, 2.45) is 5.10 Å². The average molecular weight is 263 g/mol. The van der Waals surface area contributed by atoms with E-state index in [0.717, 1.165) is 5.56 Å². The molecule has 1 aromatic heterocycles. The highest BCUT2D eigenvalue weighted by atomic mass is 35.5. The van der Waals surface area contributed by atoms with Gasteiger partial charge >= 0.3 is 0 Å². The summed E-state index contributed by atoms with van der Waals surface area (Å²) in [5, 5.41) is 4.43. The number of hydrogen-bond acceptors (Lipinski definition) is 3. The molecule has 0 fully saturated rings. The maximum absolute atomic E-state index is 11.5. The van der Waals surface area contributed by atoms with Gasteiger partial charge in [-0.05, 0) is 29.8 Å². The first kappa shape index (κ1) is 12.4. The highest BCUT2D eigenvalue weighted by molar-refractivity contribution is 6.30. The number of benzene rings is 1. The van der Waals surface area contributed by atoms with Crippen LogP contribution in [0.5, 0.6) is 0 Å². The van der Waals surface area contributed by atoms with Gasteiger partial charge in [0.05, 0.1) is 18.9 Å². The van der Waals surface area contributed by atoms with Crippen LogP contribution in [0.25, 0.3) is 0 Å².